The van der Waals surface area contributed by atoms with Crippen LogP contribution in [0.2, 0.25) is 0 Å². The number of carbonyl (C=O) groups excluding carboxylic acids is 1. The summed E-state index contributed by atoms with van der Waals surface area (Å²) in [4.78, 5) is 10.5. The minimum atomic E-state index is -0.304. The highest BCUT2D eigenvalue weighted by Crippen LogP contribution is 2.05. The molecule has 0 heterocycles. The molecule has 16 heavy (non-hydrogen) atoms. The van der Waals surface area contributed by atoms with Gasteiger partial charge in [0.05, 0.1) is 0 Å². The maximum absolute atomic E-state index is 12.6. The van der Waals surface area contributed by atoms with Crippen LogP contribution in [0.5, 0.6) is 0 Å². The molecule has 0 aliphatic heterocycles. The molecule has 1 rings (SSSR count). The number of amides is 1. The van der Waals surface area contributed by atoms with Crippen molar-refractivity contribution in [2.24, 2.45) is 5.73 Å². The Hall–Kier alpha value is -1.42. The van der Waals surface area contributed by atoms with Crippen LogP contribution in [0.3, 0.4) is 0 Å². The summed E-state index contributed by atoms with van der Waals surface area (Å²) in [5.74, 6) is -0.528. The van der Waals surface area contributed by atoms with Gasteiger partial charge in [-0.1, -0.05) is 12.1 Å². The molecule has 3 nitrogen and oxygen atoms in total. The van der Waals surface area contributed by atoms with Gasteiger partial charge in [0.2, 0.25) is 5.91 Å². The van der Waals surface area contributed by atoms with Crippen molar-refractivity contribution in [1.82, 2.24) is 5.32 Å². The number of hydrogen-bond acceptors (Lipinski definition) is 2. The summed E-state index contributed by atoms with van der Waals surface area (Å²) in [7, 11) is 0. The third kappa shape index (κ3) is 4.89. The van der Waals surface area contributed by atoms with Crippen LogP contribution in [0.25, 0.3) is 0 Å². The van der Waals surface area contributed by atoms with E-state index in [9.17, 15) is 9.18 Å². The lowest BCUT2D eigenvalue weighted by Crippen LogP contribution is -2.31. The molecule has 88 valence electrons. The summed E-state index contributed by atoms with van der Waals surface area (Å²) in [5.41, 5.74) is 6.10. The monoisotopic (exact) mass is 224 g/mol. The second kappa shape index (κ2) is 6.23. The van der Waals surface area contributed by atoms with Gasteiger partial charge in [-0.2, -0.15) is 0 Å². The van der Waals surface area contributed by atoms with E-state index in [2.05, 4.69) is 5.32 Å². The van der Waals surface area contributed by atoms with Crippen molar-refractivity contribution in [3.63, 3.8) is 0 Å². The van der Waals surface area contributed by atoms with Gasteiger partial charge < -0.3 is 11.1 Å². The maximum atomic E-state index is 12.6. The number of nitrogens with one attached hydrogen (secondary N) is 1. The average molecular weight is 224 g/mol. The smallest absolute Gasteiger partial charge is 0.218 e. The second-order valence-corrected chi connectivity index (χ2v) is 3.90. The van der Waals surface area contributed by atoms with Crippen LogP contribution in [0.15, 0.2) is 24.3 Å². The van der Waals surface area contributed by atoms with Crippen LogP contribution in [0.4, 0.5) is 4.39 Å². The number of hydrogen-bond donors (Lipinski definition) is 2. The summed E-state index contributed by atoms with van der Waals surface area (Å²) in [5, 5.41) is 3.18. The molecule has 1 atom stereocenters. The van der Waals surface area contributed by atoms with Crippen LogP contribution >= 0.6 is 0 Å². The molecule has 0 aliphatic rings. The van der Waals surface area contributed by atoms with E-state index in [0.717, 1.165) is 12.0 Å². The Labute approximate surface area is 94.8 Å². The predicted molar refractivity (Wildman–Crippen MR) is 61.4 cm³/mol. The molecule has 0 spiro atoms. The number of primary amides is 1. The molecule has 0 saturated carbocycles. The highest BCUT2D eigenvalue weighted by molar-refractivity contribution is 5.73. The molecule has 0 saturated heterocycles. The third-order valence-corrected chi connectivity index (χ3v) is 2.32. The lowest BCUT2D eigenvalue weighted by Gasteiger charge is -2.13. The lowest BCUT2D eigenvalue weighted by molar-refractivity contribution is -0.117. The first-order valence-electron chi connectivity index (χ1n) is 5.34. The van der Waals surface area contributed by atoms with E-state index in [0.29, 0.717) is 13.0 Å². The Morgan fingerprint density at radius 3 is 2.62 bits per heavy atom. The Morgan fingerprint density at radius 1 is 1.44 bits per heavy atom. The SMILES string of the molecule is CC(Cc1ccc(F)cc1)NCCC(N)=O. The number of rotatable bonds is 6. The minimum absolute atomic E-state index is 0.224. The van der Waals surface area contributed by atoms with Crippen molar-refractivity contribution < 1.29 is 9.18 Å². The zero-order valence-corrected chi connectivity index (χ0v) is 9.37. The molecule has 0 radical (unpaired) electrons. The Bertz CT molecular complexity index is 337. The first kappa shape index (κ1) is 12.6. The van der Waals surface area contributed by atoms with Crippen molar-refractivity contribution in [2.45, 2.75) is 25.8 Å². The first-order chi connectivity index (χ1) is 7.58. The molecular formula is C12H17FN2O. The maximum Gasteiger partial charge on any atom is 0.218 e. The highest BCUT2D eigenvalue weighted by atomic mass is 19.1. The molecule has 1 unspecified atom stereocenters. The zero-order chi connectivity index (χ0) is 12.0. The summed E-state index contributed by atoms with van der Waals surface area (Å²) in [6, 6.07) is 6.67. The van der Waals surface area contributed by atoms with Gasteiger partial charge in [-0.05, 0) is 31.0 Å². The van der Waals surface area contributed by atoms with Gasteiger partial charge in [-0.15, -0.1) is 0 Å². The van der Waals surface area contributed by atoms with Gasteiger partial charge in [0.1, 0.15) is 5.82 Å². The topological polar surface area (TPSA) is 55.1 Å². The minimum Gasteiger partial charge on any atom is -0.370 e. The van der Waals surface area contributed by atoms with Gasteiger partial charge in [0.25, 0.3) is 0 Å². The van der Waals surface area contributed by atoms with Crippen molar-refractivity contribution in [3.8, 4) is 0 Å². The van der Waals surface area contributed by atoms with Crippen molar-refractivity contribution >= 4 is 5.91 Å². The van der Waals surface area contributed by atoms with E-state index >= 15 is 0 Å². The summed E-state index contributed by atoms with van der Waals surface area (Å²) >= 11 is 0. The van der Waals surface area contributed by atoms with E-state index in [1.807, 2.05) is 6.92 Å². The van der Waals surface area contributed by atoms with Crippen LogP contribution in [0, 0.1) is 5.82 Å². The summed E-state index contributed by atoms with van der Waals surface area (Å²) in [6.45, 7) is 2.60. The normalized spacial score (nSPS) is 12.4. The molecule has 0 aromatic heterocycles. The molecule has 4 heteroatoms. The quantitative estimate of drug-likeness (QED) is 0.763. The van der Waals surface area contributed by atoms with E-state index in [-0.39, 0.29) is 17.8 Å². The van der Waals surface area contributed by atoms with E-state index in [1.165, 1.54) is 12.1 Å². The molecule has 3 N–H and O–H groups in total. The largest absolute Gasteiger partial charge is 0.370 e. The van der Waals surface area contributed by atoms with Crippen molar-refractivity contribution in [3.05, 3.63) is 35.6 Å². The van der Waals surface area contributed by atoms with Gasteiger partial charge in [-0.3, -0.25) is 4.79 Å². The van der Waals surface area contributed by atoms with Gasteiger partial charge in [-0.25, -0.2) is 4.39 Å². The molecule has 1 aromatic rings. The molecule has 1 aromatic carbocycles. The fraction of sp³-hybridized carbons (Fsp3) is 0.417. The van der Waals surface area contributed by atoms with Gasteiger partial charge >= 0.3 is 0 Å². The Kier molecular flexibility index (Phi) is 4.92. The van der Waals surface area contributed by atoms with Gasteiger partial charge in [0, 0.05) is 19.0 Å². The highest BCUT2D eigenvalue weighted by Gasteiger charge is 2.03. The zero-order valence-electron chi connectivity index (χ0n) is 9.37. The lowest BCUT2D eigenvalue weighted by atomic mass is 10.1. The second-order valence-electron chi connectivity index (χ2n) is 3.90. The van der Waals surface area contributed by atoms with Crippen LogP contribution in [-0.2, 0) is 11.2 Å². The molecule has 0 fully saturated rings. The van der Waals surface area contributed by atoms with Crippen molar-refractivity contribution in [2.75, 3.05) is 6.54 Å². The molecule has 0 aliphatic carbocycles. The number of carbonyl (C=O) groups is 1. The number of nitrogens with two attached hydrogens (primary N) is 1. The number of benzene rings is 1. The fourth-order valence-electron chi connectivity index (χ4n) is 1.49. The summed E-state index contributed by atoms with van der Waals surface area (Å²) < 4.78 is 12.6. The van der Waals surface area contributed by atoms with Crippen molar-refractivity contribution in [1.29, 1.82) is 0 Å². The van der Waals surface area contributed by atoms with E-state index < -0.39 is 0 Å². The summed E-state index contributed by atoms with van der Waals surface area (Å²) in [6.07, 6.45) is 1.15. The third-order valence-electron chi connectivity index (χ3n) is 2.32. The van der Waals surface area contributed by atoms with E-state index in [1.54, 1.807) is 12.1 Å². The molecular weight excluding hydrogens is 207 g/mol. The van der Waals surface area contributed by atoms with Gasteiger partial charge in [0.15, 0.2) is 0 Å². The predicted octanol–water partition coefficient (Wildman–Crippen LogP) is 1.22. The fourth-order valence-corrected chi connectivity index (χ4v) is 1.49. The average Bonchev–Trinajstić information content (AvgIpc) is 2.21. The van der Waals surface area contributed by atoms with Crippen LogP contribution in [-0.4, -0.2) is 18.5 Å². The first-order valence-corrected chi connectivity index (χ1v) is 5.34. The van der Waals surface area contributed by atoms with Crippen LogP contribution < -0.4 is 11.1 Å². The number of halogens is 1. The molecule has 1 amide bonds. The van der Waals surface area contributed by atoms with Crippen LogP contribution in [0.1, 0.15) is 18.9 Å². The Morgan fingerprint density at radius 2 is 2.06 bits per heavy atom. The molecule has 0 bridgehead atoms. The Balaban J connectivity index is 2.31. The standard InChI is InChI=1S/C12H17FN2O/c1-9(15-7-6-12(14)16)8-10-2-4-11(13)5-3-10/h2-5,9,15H,6-8H2,1H3,(H2,14,16). The van der Waals surface area contributed by atoms with E-state index in [4.69, 9.17) is 5.73 Å².